The third kappa shape index (κ3) is 3.85. The number of hydrogen-bond acceptors (Lipinski definition) is 3. The molecule has 0 aromatic heterocycles. The van der Waals surface area contributed by atoms with Gasteiger partial charge in [0.1, 0.15) is 0 Å². The van der Waals surface area contributed by atoms with Gasteiger partial charge in [0.15, 0.2) is 0 Å². The van der Waals surface area contributed by atoms with Gasteiger partial charge in [-0.2, -0.15) is 0 Å². The molecule has 0 spiro atoms. The Balaban J connectivity index is 1.70. The summed E-state index contributed by atoms with van der Waals surface area (Å²) >= 11 is 0. The summed E-state index contributed by atoms with van der Waals surface area (Å²) in [6, 6.07) is 11.7. The maximum Gasteiger partial charge on any atom is 0.255 e. The summed E-state index contributed by atoms with van der Waals surface area (Å²) in [5, 5.41) is 5.60. The van der Waals surface area contributed by atoms with Crippen molar-refractivity contribution in [3.63, 3.8) is 0 Å². The van der Waals surface area contributed by atoms with Gasteiger partial charge in [-0.25, -0.2) is 0 Å². The summed E-state index contributed by atoms with van der Waals surface area (Å²) in [6.45, 7) is 1.73. The van der Waals surface area contributed by atoms with Crippen LogP contribution >= 0.6 is 0 Å². The Morgan fingerprint density at radius 1 is 1.00 bits per heavy atom. The highest BCUT2D eigenvalue weighted by Crippen LogP contribution is 2.30. The quantitative estimate of drug-likeness (QED) is 0.782. The molecule has 1 fully saturated rings. The van der Waals surface area contributed by atoms with Crippen molar-refractivity contribution < 1.29 is 14.4 Å². The number of carbonyl (C=O) groups excluding carboxylic acids is 3. The van der Waals surface area contributed by atoms with Gasteiger partial charge in [-0.15, -0.1) is 0 Å². The SMILES string of the molecule is Cc1c(NC(=O)c2ccc(NC(=O)C3CC3)cc2)cccc1C(N)=O. The van der Waals surface area contributed by atoms with E-state index in [-0.39, 0.29) is 17.7 Å². The summed E-state index contributed by atoms with van der Waals surface area (Å²) < 4.78 is 0. The molecule has 0 unspecified atom stereocenters. The normalized spacial score (nSPS) is 13.2. The molecule has 2 aromatic carbocycles. The van der Waals surface area contributed by atoms with Gasteiger partial charge in [-0.3, -0.25) is 14.4 Å². The lowest BCUT2D eigenvalue weighted by Gasteiger charge is -2.11. The molecule has 4 N–H and O–H groups in total. The van der Waals surface area contributed by atoms with Crippen LogP contribution in [0.15, 0.2) is 42.5 Å². The lowest BCUT2D eigenvalue weighted by Crippen LogP contribution is -2.17. The van der Waals surface area contributed by atoms with Gasteiger partial charge in [-0.05, 0) is 61.7 Å². The van der Waals surface area contributed by atoms with Crippen LogP contribution in [0.4, 0.5) is 11.4 Å². The third-order valence-electron chi connectivity index (χ3n) is 4.21. The van der Waals surface area contributed by atoms with Gasteiger partial charge >= 0.3 is 0 Å². The Morgan fingerprint density at radius 2 is 1.68 bits per heavy atom. The van der Waals surface area contributed by atoms with Crippen molar-refractivity contribution in [2.24, 2.45) is 11.7 Å². The van der Waals surface area contributed by atoms with E-state index in [2.05, 4.69) is 10.6 Å². The minimum Gasteiger partial charge on any atom is -0.366 e. The second-order valence-corrected chi connectivity index (χ2v) is 6.14. The summed E-state index contributed by atoms with van der Waals surface area (Å²) in [4.78, 5) is 35.5. The summed E-state index contributed by atoms with van der Waals surface area (Å²) in [7, 11) is 0. The van der Waals surface area contributed by atoms with E-state index in [1.807, 2.05) is 0 Å². The summed E-state index contributed by atoms with van der Waals surface area (Å²) in [6.07, 6.45) is 1.88. The lowest BCUT2D eigenvalue weighted by molar-refractivity contribution is -0.117. The molecule has 1 saturated carbocycles. The van der Waals surface area contributed by atoms with Gasteiger partial charge in [0.05, 0.1) is 0 Å². The zero-order valence-corrected chi connectivity index (χ0v) is 13.8. The average molecular weight is 337 g/mol. The number of carbonyl (C=O) groups is 3. The highest BCUT2D eigenvalue weighted by Gasteiger charge is 2.29. The molecule has 25 heavy (non-hydrogen) atoms. The van der Waals surface area contributed by atoms with Crippen molar-refractivity contribution in [1.82, 2.24) is 0 Å². The number of primary amides is 1. The molecule has 6 nitrogen and oxygen atoms in total. The Bertz CT molecular complexity index is 839. The maximum atomic E-state index is 12.4. The molecule has 0 radical (unpaired) electrons. The molecule has 0 aliphatic heterocycles. The van der Waals surface area contributed by atoms with Gasteiger partial charge in [-0.1, -0.05) is 6.07 Å². The van der Waals surface area contributed by atoms with E-state index in [4.69, 9.17) is 5.73 Å². The maximum absolute atomic E-state index is 12.4. The standard InChI is InChI=1S/C19H19N3O3/c1-11-15(17(20)23)3-2-4-16(11)22-19(25)13-7-9-14(10-8-13)21-18(24)12-5-6-12/h2-4,7-10,12H,5-6H2,1H3,(H2,20,23)(H,21,24)(H,22,25). The number of hydrogen-bond donors (Lipinski definition) is 3. The zero-order valence-electron chi connectivity index (χ0n) is 13.8. The molecule has 2 aromatic rings. The number of anilines is 2. The monoisotopic (exact) mass is 337 g/mol. The fraction of sp³-hybridized carbons (Fsp3) is 0.211. The van der Waals surface area contributed by atoms with E-state index < -0.39 is 5.91 Å². The first-order chi connectivity index (χ1) is 12.0. The lowest BCUT2D eigenvalue weighted by atomic mass is 10.1. The molecule has 3 amide bonds. The molecular formula is C19H19N3O3. The molecule has 6 heteroatoms. The van der Waals surface area contributed by atoms with Crippen LogP contribution in [0.2, 0.25) is 0 Å². The highest BCUT2D eigenvalue weighted by atomic mass is 16.2. The van der Waals surface area contributed by atoms with Gasteiger partial charge in [0, 0.05) is 28.4 Å². The summed E-state index contributed by atoms with van der Waals surface area (Å²) in [5.74, 6) is -0.686. The fourth-order valence-corrected chi connectivity index (χ4v) is 2.53. The highest BCUT2D eigenvalue weighted by molar-refractivity contribution is 6.06. The topological polar surface area (TPSA) is 101 Å². The van der Waals surface area contributed by atoms with Crippen molar-refractivity contribution in [1.29, 1.82) is 0 Å². The van der Waals surface area contributed by atoms with Gasteiger partial charge in [0.2, 0.25) is 11.8 Å². The molecule has 1 aliphatic rings. The predicted molar refractivity (Wildman–Crippen MR) is 95.4 cm³/mol. The van der Waals surface area contributed by atoms with Crippen LogP contribution in [0, 0.1) is 12.8 Å². The van der Waals surface area contributed by atoms with Crippen LogP contribution in [0.5, 0.6) is 0 Å². The number of nitrogens with two attached hydrogens (primary N) is 1. The molecular weight excluding hydrogens is 318 g/mol. The summed E-state index contributed by atoms with van der Waals surface area (Å²) in [5.41, 5.74) is 7.97. The van der Waals surface area contributed by atoms with Crippen molar-refractivity contribution in [2.75, 3.05) is 10.6 Å². The number of rotatable bonds is 5. The van der Waals surface area contributed by atoms with Crippen molar-refractivity contribution in [3.8, 4) is 0 Å². The molecule has 0 atom stereocenters. The van der Waals surface area contributed by atoms with Crippen molar-refractivity contribution in [3.05, 3.63) is 59.2 Å². The molecule has 0 saturated heterocycles. The zero-order chi connectivity index (χ0) is 18.0. The molecule has 128 valence electrons. The van der Waals surface area contributed by atoms with Crippen LogP contribution in [-0.4, -0.2) is 17.7 Å². The van der Waals surface area contributed by atoms with Gasteiger partial charge in [0.25, 0.3) is 5.91 Å². The smallest absolute Gasteiger partial charge is 0.255 e. The Morgan fingerprint density at radius 3 is 2.28 bits per heavy atom. The Kier molecular flexibility index (Phi) is 4.52. The van der Waals surface area contributed by atoms with Crippen LogP contribution in [-0.2, 0) is 4.79 Å². The fourth-order valence-electron chi connectivity index (χ4n) is 2.53. The van der Waals surface area contributed by atoms with E-state index in [0.29, 0.717) is 28.1 Å². The number of benzene rings is 2. The first-order valence-electron chi connectivity index (χ1n) is 8.07. The van der Waals surface area contributed by atoms with Gasteiger partial charge < -0.3 is 16.4 Å². The average Bonchev–Trinajstić information content (AvgIpc) is 3.42. The van der Waals surface area contributed by atoms with E-state index in [1.54, 1.807) is 49.4 Å². The van der Waals surface area contributed by atoms with E-state index in [9.17, 15) is 14.4 Å². The van der Waals surface area contributed by atoms with Crippen molar-refractivity contribution >= 4 is 29.1 Å². The molecule has 3 rings (SSSR count). The minimum absolute atomic E-state index is 0.0242. The first kappa shape index (κ1) is 16.7. The van der Waals surface area contributed by atoms with E-state index in [1.165, 1.54) is 0 Å². The number of nitrogens with one attached hydrogen (secondary N) is 2. The van der Waals surface area contributed by atoms with E-state index >= 15 is 0 Å². The molecule has 0 bridgehead atoms. The first-order valence-corrected chi connectivity index (χ1v) is 8.07. The largest absolute Gasteiger partial charge is 0.366 e. The Hall–Kier alpha value is -3.15. The van der Waals surface area contributed by atoms with Crippen LogP contribution in [0.25, 0.3) is 0 Å². The third-order valence-corrected chi connectivity index (χ3v) is 4.21. The van der Waals surface area contributed by atoms with E-state index in [0.717, 1.165) is 12.8 Å². The molecule has 0 heterocycles. The van der Waals surface area contributed by atoms with Crippen LogP contribution < -0.4 is 16.4 Å². The predicted octanol–water partition coefficient (Wildman–Crippen LogP) is 2.69. The Labute approximate surface area is 145 Å². The number of amides is 3. The molecule has 1 aliphatic carbocycles. The van der Waals surface area contributed by atoms with Crippen LogP contribution in [0.1, 0.15) is 39.1 Å². The minimum atomic E-state index is -0.538. The van der Waals surface area contributed by atoms with Crippen molar-refractivity contribution in [2.45, 2.75) is 19.8 Å². The van der Waals surface area contributed by atoms with Crippen LogP contribution in [0.3, 0.4) is 0 Å². The second-order valence-electron chi connectivity index (χ2n) is 6.14. The second kappa shape index (κ2) is 6.76.